The molecule has 2 aromatic rings. The molecule has 0 spiro atoms. The molecule has 0 aliphatic rings. The first-order valence-electron chi connectivity index (χ1n) is 5.57. The molecule has 0 radical (unpaired) electrons. The van der Waals surface area contributed by atoms with Crippen LogP contribution in [0.2, 0.25) is 0 Å². The molecule has 0 bridgehead atoms. The molecule has 3 N–H and O–H groups in total. The van der Waals surface area contributed by atoms with Crippen LogP contribution in [0.5, 0.6) is 0 Å². The summed E-state index contributed by atoms with van der Waals surface area (Å²) in [6.45, 7) is 2.34. The number of thiophene rings is 1. The second-order valence-corrected chi connectivity index (χ2v) is 5.00. The minimum absolute atomic E-state index is 0.0253. The SMILES string of the molecule is COC(C)CNC(=O)c1sc2cccnc2c1N. The smallest absolute Gasteiger partial charge is 0.263 e. The number of carbonyl (C=O) groups excluding carboxylic acids is 1. The Morgan fingerprint density at radius 1 is 1.67 bits per heavy atom. The van der Waals surface area contributed by atoms with Gasteiger partial charge in [0.05, 0.1) is 16.5 Å². The van der Waals surface area contributed by atoms with Gasteiger partial charge in [-0.15, -0.1) is 11.3 Å². The number of ether oxygens (including phenoxy) is 1. The predicted molar refractivity (Wildman–Crippen MR) is 72.8 cm³/mol. The fourth-order valence-corrected chi connectivity index (χ4v) is 2.51. The van der Waals surface area contributed by atoms with E-state index in [1.165, 1.54) is 11.3 Å². The van der Waals surface area contributed by atoms with E-state index < -0.39 is 0 Å². The number of nitrogens with one attached hydrogen (secondary N) is 1. The van der Waals surface area contributed by atoms with Crippen molar-refractivity contribution in [3.05, 3.63) is 23.2 Å². The Kier molecular flexibility index (Phi) is 3.78. The Morgan fingerprint density at radius 2 is 2.44 bits per heavy atom. The van der Waals surface area contributed by atoms with Crippen molar-refractivity contribution < 1.29 is 9.53 Å². The zero-order chi connectivity index (χ0) is 13.1. The van der Waals surface area contributed by atoms with Crippen LogP contribution in [-0.2, 0) is 4.74 Å². The topological polar surface area (TPSA) is 77.2 Å². The third-order valence-electron chi connectivity index (χ3n) is 2.64. The highest BCUT2D eigenvalue weighted by molar-refractivity contribution is 7.21. The van der Waals surface area contributed by atoms with E-state index in [0.29, 0.717) is 22.6 Å². The Labute approximate surface area is 109 Å². The van der Waals surface area contributed by atoms with E-state index in [2.05, 4.69) is 10.3 Å². The highest BCUT2D eigenvalue weighted by atomic mass is 32.1. The van der Waals surface area contributed by atoms with Crippen molar-refractivity contribution in [3.8, 4) is 0 Å². The molecule has 6 heteroatoms. The van der Waals surface area contributed by atoms with Crippen molar-refractivity contribution in [1.29, 1.82) is 0 Å². The number of amides is 1. The first-order valence-corrected chi connectivity index (χ1v) is 6.39. The van der Waals surface area contributed by atoms with Crippen LogP contribution in [0.15, 0.2) is 18.3 Å². The first kappa shape index (κ1) is 12.8. The third kappa shape index (κ3) is 2.44. The van der Waals surface area contributed by atoms with Crippen molar-refractivity contribution in [1.82, 2.24) is 10.3 Å². The molecule has 2 aromatic heterocycles. The molecule has 96 valence electrons. The van der Waals surface area contributed by atoms with E-state index in [1.54, 1.807) is 13.3 Å². The summed E-state index contributed by atoms with van der Waals surface area (Å²) in [5.41, 5.74) is 7.06. The summed E-state index contributed by atoms with van der Waals surface area (Å²) >= 11 is 1.35. The molecule has 0 saturated carbocycles. The fraction of sp³-hybridized carbons (Fsp3) is 0.333. The van der Waals surface area contributed by atoms with Gasteiger partial charge in [-0.1, -0.05) is 0 Å². The van der Waals surface area contributed by atoms with Gasteiger partial charge in [-0.2, -0.15) is 0 Å². The summed E-state index contributed by atoms with van der Waals surface area (Å²) in [5.74, 6) is -0.181. The molecule has 0 saturated heterocycles. The maximum Gasteiger partial charge on any atom is 0.263 e. The maximum atomic E-state index is 12.0. The molecule has 2 heterocycles. The number of pyridine rings is 1. The molecule has 0 aliphatic carbocycles. The molecule has 0 aliphatic heterocycles. The van der Waals surface area contributed by atoms with Gasteiger partial charge >= 0.3 is 0 Å². The summed E-state index contributed by atoms with van der Waals surface area (Å²) in [6.07, 6.45) is 1.64. The molecule has 1 unspecified atom stereocenters. The number of nitrogen functional groups attached to an aromatic ring is 1. The van der Waals surface area contributed by atoms with Gasteiger partial charge in [0.1, 0.15) is 10.4 Å². The van der Waals surface area contributed by atoms with Gasteiger partial charge in [-0.05, 0) is 19.1 Å². The number of hydrogen-bond acceptors (Lipinski definition) is 5. The molecule has 5 nitrogen and oxygen atoms in total. The number of anilines is 1. The van der Waals surface area contributed by atoms with Gasteiger partial charge in [-0.3, -0.25) is 9.78 Å². The Hall–Kier alpha value is -1.66. The standard InChI is InChI=1S/C12H15N3O2S/c1-7(17-2)6-15-12(16)11-9(13)10-8(18-11)4-3-5-14-10/h3-5,7H,6,13H2,1-2H3,(H,15,16). The van der Waals surface area contributed by atoms with Gasteiger partial charge in [0.15, 0.2) is 0 Å². The lowest BCUT2D eigenvalue weighted by Crippen LogP contribution is -2.31. The van der Waals surface area contributed by atoms with Crippen LogP contribution >= 0.6 is 11.3 Å². The lowest BCUT2D eigenvalue weighted by atomic mass is 10.3. The fourth-order valence-electron chi connectivity index (χ4n) is 1.52. The predicted octanol–water partition coefficient (Wildman–Crippen LogP) is 1.64. The number of nitrogens with zero attached hydrogens (tertiary/aromatic N) is 1. The van der Waals surface area contributed by atoms with E-state index >= 15 is 0 Å². The summed E-state index contributed by atoms with van der Waals surface area (Å²) in [6, 6.07) is 3.73. The average Bonchev–Trinajstić information content (AvgIpc) is 2.73. The quantitative estimate of drug-likeness (QED) is 0.881. The molecule has 1 atom stereocenters. The number of fused-ring (bicyclic) bond motifs is 1. The van der Waals surface area contributed by atoms with Gasteiger partial charge in [0.2, 0.25) is 0 Å². The highest BCUT2D eigenvalue weighted by Crippen LogP contribution is 2.31. The van der Waals surface area contributed by atoms with Crippen molar-refractivity contribution in [2.24, 2.45) is 0 Å². The second kappa shape index (κ2) is 5.32. The molecular formula is C12H15N3O2S. The highest BCUT2D eigenvalue weighted by Gasteiger charge is 2.17. The Balaban J connectivity index is 2.20. The lowest BCUT2D eigenvalue weighted by Gasteiger charge is -2.10. The Morgan fingerprint density at radius 3 is 3.11 bits per heavy atom. The van der Waals surface area contributed by atoms with Crippen LogP contribution in [0.1, 0.15) is 16.6 Å². The normalized spacial score (nSPS) is 12.6. The summed E-state index contributed by atoms with van der Waals surface area (Å²) in [5, 5.41) is 2.79. The van der Waals surface area contributed by atoms with E-state index in [9.17, 15) is 4.79 Å². The zero-order valence-electron chi connectivity index (χ0n) is 10.3. The van der Waals surface area contributed by atoms with Crippen molar-refractivity contribution in [2.75, 3.05) is 19.4 Å². The summed E-state index contributed by atoms with van der Waals surface area (Å²) in [4.78, 5) is 16.7. The van der Waals surface area contributed by atoms with E-state index in [4.69, 9.17) is 10.5 Å². The van der Waals surface area contributed by atoms with Crippen LogP contribution in [0.4, 0.5) is 5.69 Å². The number of rotatable bonds is 4. The van der Waals surface area contributed by atoms with Gasteiger partial charge in [0, 0.05) is 19.9 Å². The molecule has 2 rings (SSSR count). The molecule has 1 amide bonds. The molecular weight excluding hydrogens is 250 g/mol. The maximum absolute atomic E-state index is 12.0. The van der Waals surface area contributed by atoms with Gasteiger partial charge in [-0.25, -0.2) is 0 Å². The van der Waals surface area contributed by atoms with Crippen molar-refractivity contribution in [2.45, 2.75) is 13.0 Å². The Bertz CT molecular complexity index is 567. The third-order valence-corrected chi connectivity index (χ3v) is 3.80. The van der Waals surface area contributed by atoms with Crippen LogP contribution in [-0.4, -0.2) is 30.6 Å². The van der Waals surface area contributed by atoms with Crippen molar-refractivity contribution in [3.63, 3.8) is 0 Å². The lowest BCUT2D eigenvalue weighted by molar-refractivity contribution is 0.0874. The van der Waals surface area contributed by atoms with Crippen molar-refractivity contribution >= 4 is 33.1 Å². The number of aromatic nitrogens is 1. The van der Waals surface area contributed by atoms with Crippen LogP contribution < -0.4 is 11.1 Å². The van der Waals surface area contributed by atoms with E-state index in [1.807, 2.05) is 19.1 Å². The van der Waals surface area contributed by atoms with E-state index in [0.717, 1.165) is 4.70 Å². The monoisotopic (exact) mass is 265 g/mol. The largest absolute Gasteiger partial charge is 0.396 e. The zero-order valence-corrected chi connectivity index (χ0v) is 11.1. The average molecular weight is 265 g/mol. The molecule has 18 heavy (non-hydrogen) atoms. The minimum Gasteiger partial charge on any atom is -0.396 e. The molecule has 0 aromatic carbocycles. The van der Waals surface area contributed by atoms with Crippen LogP contribution in [0, 0.1) is 0 Å². The minimum atomic E-state index is -0.181. The van der Waals surface area contributed by atoms with Crippen LogP contribution in [0.25, 0.3) is 10.2 Å². The van der Waals surface area contributed by atoms with Crippen LogP contribution in [0.3, 0.4) is 0 Å². The molecule has 0 fully saturated rings. The summed E-state index contributed by atoms with van der Waals surface area (Å²) in [7, 11) is 1.61. The van der Waals surface area contributed by atoms with Gasteiger partial charge < -0.3 is 15.8 Å². The number of methoxy groups -OCH3 is 1. The first-order chi connectivity index (χ1) is 8.63. The van der Waals surface area contributed by atoms with E-state index in [-0.39, 0.29) is 12.0 Å². The number of hydrogen-bond donors (Lipinski definition) is 2. The van der Waals surface area contributed by atoms with Gasteiger partial charge in [0.25, 0.3) is 5.91 Å². The summed E-state index contributed by atoms with van der Waals surface area (Å²) < 4.78 is 5.99. The number of carbonyl (C=O) groups is 1. The number of nitrogens with two attached hydrogens (primary N) is 1. The second-order valence-electron chi connectivity index (χ2n) is 3.95.